The molecule has 1 N–H and O–H groups in total. The second-order valence-corrected chi connectivity index (χ2v) is 7.27. The third kappa shape index (κ3) is 5.69. The summed E-state index contributed by atoms with van der Waals surface area (Å²) in [5, 5.41) is 4.06. The van der Waals surface area contributed by atoms with Crippen molar-refractivity contribution >= 4 is 29.9 Å². The maximum absolute atomic E-state index is 13.1. The van der Waals surface area contributed by atoms with Crippen LogP contribution in [0.5, 0.6) is 0 Å². The molecule has 0 aliphatic carbocycles. The quantitative estimate of drug-likeness (QED) is 0.792. The van der Waals surface area contributed by atoms with Crippen molar-refractivity contribution < 1.29 is 9.53 Å². The van der Waals surface area contributed by atoms with E-state index in [9.17, 15) is 4.79 Å². The van der Waals surface area contributed by atoms with E-state index in [1.165, 1.54) is 0 Å². The second kappa shape index (κ2) is 10.1. The van der Waals surface area contributed by atoms with Crippen LogP contribution in [0.25, 0.3) is 0 Å². The standard InChI is InChI=1S/C21H25ClN2O2.ClH/c1-15(2)26-14-16-6-8-17(9-7-16)21(25)24-11-10-23-13-20(24)18-4-3-5-19(22)12-18;/h3-9,12,15,20,23H,10-11,13-14H2,1-2H3;1H. The molecule has 146 valence electrons. The van der Waals surface area contributed by atoms with Crippen LogP contribution < -0.4 is 5.32 Å². The summed E-state index contributed by atoms with van der Waals surface area (Å²) in [6.45, 7) is 6.78. The Labute approximate surface area is 172 Å². The number of nitrogens with zero attached hydrogens (tertiary/aromatic N) is 1. The van der Waals surface area contributed by atoms with Crippen molar-refractivity contribution in [2.24, 2.45) is 0 Å². The van der Waals surface area contributed by atoms with Gasteiger partial charge in [-0.25, -0.2) is 0 Å². The highest BCUT2D eigenvalue weighted by Gasteiger charge is 2.28. The Balaban J connectivity index is 0.00000261. The van der Waals surface area contributed by atoms with Gasteiger partial charge in [0.05, 0.1) is 18.8 Å². The smallest absolute Gasteiger partial charge is 0.254 e. The van der Waals surface area contributed by atoms with E-state index in [0.29, 0.717) is 23.7 Å². The average Bonchev–Trinajstić information content (AvgIpc) is 2.66. The molecule has 3 rings (SSSR count). The first kappa shape index (κ1) is 21.7. The zero-order chi connectivity index (χ0) is 18.5. The lowest BCUT2D eigenvalue weighted by Crippen LogP contribution is -2.48. The number of rotatable bonds is 5. The number of halogens is 2. The summed E-state index contributed by atoms with van der Waals surface area (Å²) in [5.41, 5.74) is 2.83. The minimum Gasteiger partial charge on any atom is -0.374 e. The van der Waals surface area contributed by atoms with Gasteiger partial charge in [-0.1, -0.05) is 35.9 Å². The van der Waals surface area contributed by atoms with Crippen LogP contribution >= 0.6 is 24.0 Å². The highest BCUT2D eigenvalue weighted by molar-refractivity contribution is 6.30. The topological polar surface area (TPSA) is 41.6 Å². The lowest BCUT2D eigenvalue weighted by Gasteiger charge is -2.36. The number of hydrogen-bond donors (Lipinski definition) is 1. The lowest BCUT2D eigenvalue weighted by atomic mass is 10.0. The number of amides is 1. The lowest BCUT2D eigenvalue weighted by molar-refractivity contribution is 0.0629. The van der Waals surface area contributed by atoms with E-state index < -0.39 is 0 Å². The Morgan fingerprint density at radius 2 is 2.00 bits per heavy atom. The Morgan fingerprint density at radius 1 is 1.26 bits per heavy atom. The van der Waals surface area contributed by atoms with Crippen LogP contribution in [0.1, 0.15) is 41.4 Å². The van der Waals surface area contributed by atoms with E-state index in [2.05, 4.69) is 5.32 Å². The van der Waals surface area contributed by atoms with Gasteiger partial charge in [-0.2, -0.15) is 0 Å². The molecule has 0 saturated carbocycles. The van der Waals surface area contributed by atoms with Gasteiger partial charge in [0, 0.05) is 30.2 Å². The summed E-state index contributed by atoms with van der Waals surface area (Å²) in [7, 11) is 0. The van der Waals surface area contributed by atoms with E-state index in [4.69, 9.17) is 16.3 Å². The number of ether oxygens (including phenoxy) is 1. The number of carbonyl (C=O) groups is 1. The maximum atomic E-state index is 13.1. The number of benzene rings is 2. The highest BCUT2D eigenvalue weighted by atomic mass is 35.5. The fourth-order valence-electron chi connectivity index (χ4n) is 3.13. The van der Waals surface area contributed by atoms with Gasteiger partial charge < -0.3 is 15.0 Å². The van der Waals surface area contributed by atoms with Crippen molar-refractivity contribution in [2.75, 3.05) is 19.6 Å². The van der Waals surface area contributed by atoms with Gasteiger partial charge in [0.2, 0.25) is 0 Å². The summed E-state index contributed by atoms with van der Waals surface area (Å²) in [5.74, 6) is 0.0489. The molecule has 4 nitrogen and oxygen atoms in total. The molecule has 1 saturated heterocycles. The molecular formula is C21H26Cl2N2O2. The minimum absolute atomic E-state index is 0. The van der Waals surface area contributed by atoms with Crippen LogP contribution in [0.15, 0.2) is 48.5 Å². The molecule has 6 heteroatoms. The Bertz CT molecular complexity index is 750. The molecule has 1 aliphatic rings. The molecule has 1 aliphatic heterocycles. The molecule has 2 aromatic carbocycles. The van der Waals surface area contributed by atoms with Crippen LogP contribution in [0.3, 0.4) is 0 Å². The van der Waals surface area contributed by atoms with Crippen molar-refractivity contribution in [3.05, 3.63) is 70.2 Å². The number of nitrogens with one attached hydrogen (secondary N) is 1. The first-order valence-electron chi connectivity index (χ1n) is 9.02. The molecule has 1 unspecified atom stereocenters. The molecule has 1 atom stereocenters. The maximum Gasteiger partial charge on any atom is 0.254 e. The average molecular weight is 409 g/mol. The van der Waals surface area contributed by atoms with Gasteiger partial charge in [0.1, 0.15) is 0 Å². The number of piperazine rings is 1. The Kier molecular flexibility index (Phi) is 8.11. The molecule has 2 aromatic rings. The summed E-state index contributed by atoms with van der Waals surface area (Å²) >= 11 is 6.14. The summed E-state index contributed by atoms with van der Waals surface area (Å²) in [6, 6.07) is 15.4. The molecule has 1 fully saturated rings. The largest absolute Gasteiger partial charge is 0.374 e. The summed E-state index contributed by atoms with van der Waals surface area (Å²) < 4.78 is 5.61. The SMILES string of the molecule is CC(C)OCc1ccc(C(=O)N2CCNCC2c2cccc(Cl)c2)cc1.Cl. The van der Waals surface area contributed by atoms with E-state index in [0.717, 1.165) is 24.2 Å². The van der Waals surface area contributed by atoms with Gasteiger partial charge in [-0.3, -0.25) is 4.79 Å². The van der Waals surface area contributed by atoms with Crippen molar-refractivity contribution in [1.29, 1.82) is 0 Å². The van der Waals surface area contributed by atoms with Gasteiger partial charge in [0.15, 0.2) is 0 Å². The van der Waals surface area contributed by atoms with Crippen molar-refractivity contribution in [2.45, 2.75) is 32.6 Å². The highest BCUT2D eigenvalue weighted by Crippen LogP contribution is 2.26. The molecule has 0 aromatic heterocycles. The third-order valence-corrected chi connectivity index (χ3v) is 4.76. The molecule has 0 spiro atoms. The van der Waals surface area contributed by atoms with Gasteiger partial charge in [-0.15, -0.1) is 12.4 Å². The van der Waals surface area contributed by atoms with Crippen LogP contribution in [0.4, 0.5) is 0 Å². The first-order chi connectivity index (χ1) is 12.5. The predicted octanol–water partition coefficient (Wildman–Crippen LogP) is 4.47. The van der Waals surface area contributed by atoms with E-state index in [-0.39, 0.29) is 30.5 Å². The molecule has 1 heterocycles. The molecule has 0 radical (unpaired) electrons. The number of hydrogen-bond acceptors (Lipinski definition) is 3. The fourth-order valence-corrected chi connectivity index (χ4v) is 3.33. The van der Waals surface area contributed by atoms with Gasteiger partial charge in [-0.05, 0) is 49.2 Å². The predicted molar refractivity (Wildman–Crippen MR) is 112 cm³/mol. The van der Waals surface area contributed by atoms with Crippen molar-refractivity contribution in [3.63, 3.8) is 0 Å². The first-order valence-corrected chi connectivity index (χ1v) is 9.40. The fraction of sp³-hybridized carbons (Fsp3) is 0.381. The molecular weight excluding hydrogens is 383 g/mol. The molecule has 1 amide bonds. The van der Waals surface area contributed by atoms with E-state index in [1.54, 1.807) is 0 Å². The van der Waals surface area contributed by atoms with Gasteiger partial charge >= 0.3 is 0 Å². The van der Waals surface area contributed by atoms with Crippen molar-refractivity contribution in [3.8, 4) is 0 Å². The zero-order valence-corrected chi connectivity index (χ0v) is 17.2. The van der Waals surface area contributed by atoms with Crippen LogP contribution in [-0.2, 0) is 11.3 Å². The molecule has 0 bridgehead atoms. The second-order valence-electron chi connectivity index (χ2n) is 6.83. The van der Waals surface area contributed by atoms with Crippen LogP contribution in [0, 0.1) is 0 Å². The van der Waals surface area contributed by atoms with E-state index >= 15 is 0 Å². The Hall–Kier alpha value is -1.59. The van der Waals surface area contributed by atoms with Crippen molar-refractivity contribution in [1.82, 2.24) is 10.2 Å². The third-order valence-electron chi connectivity index (χ3n) is 4.52. The number of carbonyl (C=O) groups excluding carboxylic acids is 1. The van der Waals surface area contributed by atoms with Gasteiger partial charge in [0.25, 0.3) is 5.91 Å². The summed E-state index contributed by atoms with van der Waals surface area (Å²) in [4.78, 5) is 15.0. The Morgan fingerprint density at radius 3 is 2.67 bits per heavy atom. The molecule has 27 heavy (non-hydrogen) atoms. The normalized spacial score (nSPS) is 16.9. The zero-order valence-electron chi connectivity index (χ0n) is 15.7. The monoisotopic (exact) mass is 408 g/mol. The van der Waals surface area contributed by atoms with Crippen LogP contribution in [-0.4, -0.2) is 36.5 Å². The minimum atomic E-state index is -0.0149. The van der Waals surface area contributed by atoms with E-state index in [1.807, 2.05) is 67.3 Å². The summed E-state index contributed by atoms with van der Waals surface area (Å²) in [6.07, 6.45) is 0.190. The van der Waals surface area contributed by atoms with Crippen LogP contribution in [0.2, 0.25) is 5.02 Å².